The Kier molecular flexibility index (Phi) is 7.95. The number of rotatable bonds is 4. The first-order chi connectivity index (χ1) is 25.4. The summed E-state index contributed by atoms with van der Waals surface area (Å²) < 4.78 is 8.87. The zero-order valence-corrected chi connectivity index (χ0v) is 30.1. The van der Waals surface area contributed by atoms with Crippen molar-refractivity contribution in [1.82, 2.24) is 9.97 Å². The lowest BCUT2D eigenvalue weighted by molar-refractivity contribution is -0.680. The molecule has 9 rings (SSSR count). The molecule has 2 N–H and O–H groups in total. The van der Waals surface area contributed by atoms with Crippen LogP contribution in [0.4, 0.5) is 0 Å². The second kappa shape index (κ2) is 12.9. The third-order valence-corrected chi connectivity index (χ3v) is 11.1. The fourth-order valence-electron chi connectivity index (χ4n) is 8.51. The summed E-state index contributed by atoms with van der Waals surface area (Å²) in [6.07, 6.45) is 14.9. The first-order valence-corrected chi connectivity index (χ1v) is 18.2. The van der Waals surface area contributed by atoms with Gasteiger partial charge in [-0.25, -0.2) is 18.3 Å². The van der Waals surface area contributed by atoms with Crippen LogP contribution in [0.5, 0.6) is 0 Å². The minimum Gasteiger partial charge on any atom is -0.357 e. The van der Waals surface area contributed by atoms with Crippen molar-refractivity contribution >= 4 is 22.6 Å². The SMILES string of the molecule is C[n+]1ccccc1C1=c2ccc([nH]2)=C(c2cccc[n+]2C)c2ccc([nH]2)C(c2cccc[n+]2C)C2C=CC(=N2)C(c2cccc[n+]2C)C2CCC1=N2. The van der Waals surface area contributed by atoms with Gasteiger partial charge >= 0.3 is 0 Å². The zero-order chi connectivity index (χ0) is 35.3. The third kappa shape index (κ3) is 5.46. The van der Waals surface area contributed by atoms with E-state index in [1.165, 1.54) is 11.4 Å². The largest absolute Gasteiger partial charge is 0.357 e. The van der Waals surface area contributed by atoms with Crippen molar-refractivity contribution < 1.29 is 18.3 Å². The summed E-state index contributed by atoms with van der Waals surface area (Å²) in [6.45, 7) is 0. The van der Waals surface area contributed by atoms with Crippen LogP contribution in [0, 0.1) is 0 Å². The van der Waals surface area contributed by atoms with E-state index in [4.69, 9.17) is 9.98 Å². The molecular weight excluding hydrogens is 641 g/mol. The number of nitrogens with zero attached hydrogens (tertiary/aromatic N) is 6. The van der Waals surface area contributed by atoms with Gasteiger partial charge in [-0.2, -0.15) is 0 Å². The number of hydrogen-bond acceptors (Lipinski definition) is 2. The van der Waals surface area contributed by atoms with Crippen molar-refractivity contribution in [2.75, 3.05) is 0 Å². The molecule has 8 bridgehead atoms. The molecule has 0 aromatic carbocycles. The van der Waals surface area contributed by atoms with Gasteiger partial charge in [-0.1, -0.05) is 18.2 Å². The average molecular weight is 685 g/mol. The summed E-state index contributed by atoms with van der Waals surface area (Å²) in [6, 6.07) is 34.6. The van der Waals surface area contributed by atoms with E-state index in [-0.39, 0.29) is 23.9 Å². The van der Waals surface area contributed by atoms with Gasteiger partial charge in [0.15, 0.2) is 36.2 Å². The second-order valence-corrected chi connectivity index (χ2v) is 14.3. The molecule has 52 heavy (non-hydrogen) atoms. The van der Waals surface area contributed by atoms with Crippen molar-refractivity contribution in [3.63, 3.8) is 0 Å². The number of aliphatic imine (C=N–C) groups is 2. The van der Waals surface area contributed by atoms with Crippen LogP contribution in [0.2, 0.25) is 0 Å². The van der Waals surface area contributed by atoms with Gasteiger partial charge in [0, 0.05) is 54.2 Å². The maximum absolute atomic E-state index is 5.66. The molecule has 0 saturated carbocycles. The van der Waals surface area contributed by atoms with Crippen LogP contribution in [0.25, 0.3) is 11.1 Å². The fraction of sp³-hybridized carbons (Fsp3) is 0.227. The molecule has 6 aromatic rings. The molecule has 6 aromatic heterocycles. The molecule has 3 aliphatic heterocycles. The molecule has 4 atom stereocenters. The Hall–Kier alpha value is -6.02. The Labute approximate surface area is 303 Å². The van der Waals surface area contributed by atoms with Crippen molar-refractivity contribution in [3.05, 3.63) is 179 Å². The highest BCUT2D eigenvalue weighted by atomic mass is 15.0. The maximum atomic E-state index is 5.66. The van der Waals surface area contributed by atoms with Gasteiger partial charge in [-0.3, -0.25) is 9.98 Å². The van der Waals surface area contributed by atoms with Crippen LogP contribution in [0.3, 0.4) is 0 Å². The summed E-state index contributed by atoms with van der Waals surface area (Å²) >= 11 is 0. The highest BCUT2D eigenvalue weighted by Crippen LogP contribution is 2.37. The third-order valence-electron chi connectivity index (χ3n) is 11.1. The van der Waals surface area contributed by atoms with Gasteiger partial charge in [0.1, 0.15) is 40.0 Å². The molecule has 0 amide bonds. The van der Waals surface area contributed by atoms with Crippen molar-refractivity contribution in [1.29, 1.82) is 0 Å². The van der Waals surface area contributed by atoms with E-state index in [0.717, 1.165) is 68.9 Å². The Morgan fingerprint density at radius 3 is 1.83 bits per heavy atom. The van der Waals surface area contributed by atoms with Crippen molar-refractivity contribution in [2.45, 2.75) is 36.8 Å². The molecule has 256 valence electrons. The predicted molar refractivity (Wildman–Crippen MR) is 201 cm³/mol. The van der Waals surface area contributed by atoms with Crippen LogP contribution in [0.15, 0.2) is 144 Å². The number of aryl methyl sites for hydroxylation is 4. The molecule has 9 heterocycles. The highest BCUT2D eigenvalue weighted by Gasteiger charge is 2.41. The summed E-state index contributed by atoms with van der Waals surface area (Å²) in [4.78, 5) is 19.1. The number of pyridine rings is 4. The molecule has 8 nitrogen and oxygen atoms in total. The van der Waals surface area contributed by atoms with Crippen LogP contribution < -0.4 is 29.0 Å². The number of aromatic nitrogens is 6. The predicted octanol–water partition coefficient (Wildman–Crippen LogP) is 3.00. The second-order valence-electron chi connectivity index (χ2n) is 14.3. The summed E-state index contributed by atoms with van der Waals surface area (Å²) in [5.74, 6) is -0.0253. The first-order valence-electron chi connectivity index (χ1n) is 18.2. The van der Waals surface area contributed by atoms with E-state index in [1.807, 2.05) is 0 Å². The van der Waals surface area contributed by atoms with E-state index in [0.29, 0.717) is 0 Å². The molecule has 0 aliphatic carbocycles. The number of H-pyrrole nitrogens is 2. The van der Waals surface area contributed by atoms with Gasteiger partial charge in [-0.15, -0.1) is 0 Å². The molecule has 0 fully saturated rings. The molecule has 0 radical (unpaired) electrons. The zero-order valence-electron chi connectivity index (χ0n) is 30.1. The summed E-state index contributed by atoms with van der Waals surface area (Å²) in [7, 11) is 8.50. The number of allylic oxidation sites excluding steroid dienone is 1. The maximum Gasteiger partial charge on any atom is 0.216 e. The Balaban J connectivity index is 1.38. The van der Waals surface area contributed by atoms with E-state index in [9.17, 15) is 0 Å². The van der Waals surface area contributed by atoms with E-state index in [1.54, 1.807) is 0 Å². The molecule has 8 heteroatoms. The quantitative estimate of drug-likeness (QED) is 0.269. The summed E-state index contributed by atoms with van der Waals surface area (Å²) in [5.41, 5.74) is 11.3. The first kappa shape index (κ1) is 31.9. The Morgan fingerprint density at radius 1 is 0.577 bits per heavy atom. The lowest BCUT2D eigenvalue weighted by Crippen LogP contribution is -2.39. The topological polar surface area (TPSA) is 71.8 Å². The van der Waals surface area contributed by atoms with Crippen molar-refractivity contribution in [2.24, 2.45) is 38.2 Å². The van der Waals surface area contributed by atoms with Crippen molar-refractivity contribution in [3.8, 4) is 0 Å². The molecular formula is C44H44N8+4. The number of aromatic amines is 2. The molecule has 0 spiro atoms. The number of fused-ring (bicyclic) bond motifs is 6. The molecule has 3 aliphatic rings. The lowest BCUT2D eigenvalue weighted by Gasteiger charge is -2.21. The molecule has 0 saturated heterocycles. The van der Waals surface area contributed by atoms with Gasteiger partial charge < -0.3 is 9.97 Å². The van der Waals surface area contributed by atoms with Crippen LogP contribution >= 0.6 is 0 Å². The average Bonchev–Trinajstić information content (AvgIpc) is 3.99. The standard InChI is InChI=1S/C44H43N8/c1-49-25-9-5-13-37(49)41-29-17-19-31(45-29)42(38-14-6-10-26-50(38)2)33-21-23-35(47-33)44(40-16-8-12-28-52(40)4)36-24-22-34(48-36)43(32-20-18-30(41)46-32)39-15-7-11-27-51(39)3/h5-21,23,25-28,30,34,41,43H,22,24H2,1-4H3,(H,45,47)/q+3/p+1. The summed E-state index contributed by atoms with van der Waals surface area (Å²) in [5, 5.41) is 2.10. The van der Waals surface area contributed by atoms with Crippen LogP contribution in [-0.4, -0.2) is 33.5 Å². The normalized spacial score (nSPS) is 21.0. The van der Waals surface area contributed by atoms with Crippen LogP contribution in [0.1, 0.15) is 58.8 Å². The Bertz CT molecular complexity index is 2570. The number of hydrogen-bond donors (Lipinski definition) is 2. The van der Waals surface area contributed by atoms with Crippen LogP contribution in [-0.2, 0) is 28.2 Å². The van der Waals surface area contributed by atoms with Gasteiger partial charge in [-0.05, 0) is 55.3 Å². The highest BCUT2D eigenvalue weighted by molar-refractivity contribution is 6.23. The molecule has 4 unspecified atom stereocenters. The fourth-order valence-corrected chi connectivity index (χ4v) is 8.51. The van der Waals surface area contributed by atoms with Gasteiger partial charge in [0.25, 0.3) is 0 Å². The smallest absolute Gasteiger partial charge is 0.216 e. The van der Waals surface area contributed by atoms with Gasteiger partial charge in [0.05, 0.1) is 51.0 Å². The lowest BCUT2D eigenvalue weighted by atomic mass is 9.89. The Morgan fingerprint density at radius 2 is 1.17 bits per heavy atom. The van der Waals surface area contributed by atoms with E-state index < -0.39 is 0 Å². The van der Waals surface area contributed by atoms with Gasteiger partial charge in [0.2, 0.25) is 11.4 Å². The monoisotopic (exact) mass is 684 g/mol. The van der Waals surface area contributed by atoms with E-state index >= 15 is 0 Å². The van der Waals surface area contributed by atoms with E-state index in [2.05, 4.69) is 190 Å². The minimum atomic E-state index is -0.0942. The number of nitrogens with one attached hydrogen (secondary N) is 2. The minimum absolute atomic E-state index is 0.00484.